The lowest BCUT2D eigenvalue weighted by Gasteiger charge is -2.34. The van der Waals surface area contributed by atoms with Gasteiger partial charge in [-0.1, -0.05) is 35.0 Å². The molecule has 106 valence electrons. The Balaban J connectivity index is 2.04. The van der Waals surface area contributed by atoms with Gasteiger partial charge < -0.3 is 5.32 Å². The molecular formula is C16H25BrN2. The predicted molar refractivity (Wildman–Crippen MR) is 85.5 cm³/mol. The average Bonchev–Trinajstić information content (AvgIpc) is 2.43. The molecule has 1 heterocycles. The molecule has 0 aromatic heterocycles. The summed E-state index contributed by atoms with van der Waals surface area (Å²) in [6, 6.07) is 7.44. The topological polar surface area (TPSA) is 15.3 Å². The third kappa shape index (κ3) is 4.30. The van der Waals surface area contributed by atoms with E-state index < -0.39 is 0 Å². The summed E-state index contributed by atoms with van der Waals surface area (Å²) in [6.45, 7) is 9.05. The molecule has 0 saturated carbocycles. The first kappa shape index (κ1) is 15.0. The number of halogens is 1. The van der Waals surface area contributed by atoms with Crippen LogP contribution in [-0.4, -0.2) is 30.6 Å². The van der Waals surface area contributed by atoms with Crippen molar-refractivity contribution in [3.8, 4) is 0 Å². The summed E-state index contributed by atoms with van der Waals surface area (Å²) in [5.74, 6) is 0. The highest BCUT2D eigenvalue weighted by atomic mass is 79.9. The quantitative estimate of drug-likeness (QED) is 0.888. The number of piperidine rings is 1. The second kappa shape index (κ2) is 7.41. The van der Waals surface area contributed by atoms with Crippen LogP contribution in [0.2, 0.25) is 0 Å². The van der Waals surface area contributed by atoms with Crippen LogP contribution in [0.25, 0.3) is 0 Å². The molecule has 0 amide bonds. The van der Waals surface area contributed by atoms with Crippen LogP contribution in [0.4, 0.5) is 0 Å². The zero-order chi connectivity index (χ0) is 13.7. The molecule has 2 nitrogen and oxygen atoms in total. The molecule has 2 rings (SSSR count). The van der Waals surface area contributed by atoms with Crippen LogP contribution in [0.5, 0.6) is 0 Å². The third-order valence-corrected chi connectivity index (χ3v) is 4.80. The van der Waals surface area contributed by atoms with Gasteiger partial charge in [-0.15, -0.1) is 0 Å². The van der Waals surface area contributed by atoms with Crippen LogP contribution in [0.3, 0.4) is 0 Å². The molecule has 3 heteroatoms. The molecule has 1 saturated heterocycles. The standard InChI is InChI=1S/C16H25BrN2/c1-3-9-19(15-5-4-8-18-11-15)12-14-6-7-16(17)13(2)10-14/h6-7,10,15,18H,3-5,8-9,11-12H2,1-2H3. The van der Waals surface area contributed by atoms with E-state index in [1.807, 2.05) is 0 Å². The fourth-order valence-electron chi connectivity index (χ4n) is 2.86. The maximum atomic E-state index is 3.58. The second-order valence-corrected chi connectivity index (χ2v) is 6.41. The number of aryl methyl sites for hydroxylation is 1. The Hall–Kier alpha value is -0.380. The minimum Gasteiger partial charge on any atom is -0.315 e. The fourth-order valence-corrected chi connectivity index (χ4v) is 3.11. The smallest absolute Gasteiger partial charge is 0.0237 e. The largest absolute Gasteiger partial charge is 0.315 e. The van der Waals surface area contributed by atoms with E-state index in [2.05, 4.69) is 58.2 Å². The van der Waals surface area contributed by atoms with Crippen molar-refractivity contribution in [3.63, 3.8) is 0 Å². The fraction of sp³-hybridized carbons (Fsp3) is 0.625. The Morgan fingerprint density at radius 1 is 1.42 bits per heavy atom. The van der Waals surface area contributed by atoms with E-state index in [1.54, 1.807) is 0 Å². The van der Waals surface area contributed by atoms with Gasteiger partial charge in [-0.05, 0) is 56.5 Å². The van der Waals surface area contributed by atoms with Gasteiger partial charge in [0.2, 0.25) is 0 Å². The minimum atomic E-state index is 0.706. The van der Waals surface area contributed by atoms with Crippen molar-refractivity contribution in [1.29, 1.82) is 0 Å². The number of nitrogens with one attached hydrogen (secondary N) is 1. The predicted octanol–water partition coefficient (Wildman–Crippen LogP) is 3.72. The highest BCUT2D eigenvalue weighted by molar-refractivity contribution is 9.10. The number of nitrogens with zero attached hydrogens (tertiary/aromatic N) is 1. The Kier molecular flexibility index (Phi) is 5.86. The van der Waals surface area contributed by atoms with E-state index in [0.717, 1.165) is 13.1 Å². The van der Waals surface area contributed by atoms with Crippen molar-refractivity contribution in [2.75, 3.05) is 19.6 Å². The molecule has 1 aromatic carbocycles. The van der Waals surface area contributed by atoms with Crippen molar-refractivity contribution in [3.05, 3.63) is 33.8 Å². The Morgan fingerprint density at radius 2 is 2.26 bits per heavy atom. The van der Waals surface area contributed by atoms with E-state index in [1.165, 1.54) is 48.0 Å². The maximum absolute atomic E-state index is 3.58. The molecule has 1 aliphatic rings. The van der Waals surface area contributed by atoms with Gasteiger partial charge in [0.1, 0.15) is 0 Å². The van der Waals surface area contributed by atoms with Crippen LogP contribution in [0.15, 0.2) is 22.7 Å². The van der Waals surface area contributed by atoms with Crippen molar-refractivity contribution < 1.29 is 0 Å². The third-order valence-electron chi connectivity index (χ3n) is 3.91. The second-order valence-electron chi connectivity index (χ2n) is 5.55. The highest BCUT2D eigenvalue weighted by Gasteiger charge is 2.20. The lowest BCUT2D eigenvalue weighted by atomic mass is 10.0. The molecule has 1 atom stereocenters. The molecule has 19 heavy (non-hydrogen) atoms. The van der Waals surface area contributed by atoms with Gasteiger partial charge in [0.25, 0.3) is 0 Å². The summed E-state index contributed by atoms with van der Waals surface area (Å²) in [5, 5.41) is 3.53. The summed E-state index contributed by atoms with van der Waals surface area (Å²) in [4.78, 5) is 2.65. The van der Waals surface area contributed by atoms with E-state index in [0.29, 0.717) is 6.04 Å². The van der Waals surface area contributed by atoms with Gasteiger partial charge in [0.15, 0.2) is 0 Å². The molecule has 0 spiro atoms. The Morgan fingerprint density at radius 3 is 2.89 bits per heavy atom. The van der Waals surface area contributed by atoms with Crippen molar-refractivity contribution >= 4 is 15.9 Å². The minimum absolute atomic E-state index is 0.706. The normalized spacial score (nSPS) is 19.9. The van der Waals surface area contributed by atoms with Gasteiger partial charge in [0, 0.05) is 23.6 Å². The first-order valence-electron chi connectivity index (χ1n) is 7.40. The van der Waals surface area contributed by atoms with Crippen LogP contribution in [0, 0.1) is 6.92 Å². The molecule has 0 bridgehead atoms. The first-order chi connectivity index (χ1) is 9.20. The van der Waals surface area contributed by atoms with Gasteiger partial charge in [-0.2, -0.15) is 0 Å². The number of hydrogen-bond donors (Lipinski definition) is 1. The number of hydrogen-bond acceptors (Lipinski definition) is 2. The molecule has 1 unspecified atom stereocenters. The van der Waals surface area contributed by atoms with E-state index in [9.17, 15) is 0 Å². The van der Waals surface area contributed by atoms with Crippen molar-refractivity contribution in [2.45, 2.75) is 45.7 Å². The summed E-state index contributed by atoms with van der Waals surface area (Å²) in [7, 11) is 0. The molecule has 1 aliphatic heterocycles. The molecule has 1 N–H and O–H groups in total. The summed E-state index contributed by atoms with van der Waals surface area (Å²) < 4.78 is 1.21. The molecule has 0 radical (unpaired) electrons. The SMILES string of the molecule is CCCN(Cc1ccc(Br)c(C)c1)C1CCCNC1. The number of benzene rings is 1. The van der Waals surface area contributed by atoms with E-state index in [-0.39, 0.29) is 0 Å². The van der Waals surface area contributed by atoms with E-state index >= 15 is 0 Å². The van der Waals surface area contributed by atoms with Crippen LogP contribution < -0.4 is 5.32 Å². The van der Waals surface area contributed by atoms with Crippen molar-refractivity contribution in [2.24, 2.45) is 0 Å². The summed E-state index contributed by atoms with van der Waals surface area (Å²) in [6.07, 6.45) is 3.87. The molecule has 1 aromatic rings. The summed E-state index contributed by atoms with van der Waals surface area (Å²) >= 11 is 3.58. The molecular weight excluding hydrogens is 300 g/mol. The lowest BCUT2D eigenvalue weighted by molar-refractivity contribution is 0.158. The monoisotopic (exact) mass is 324 g/mol. The van der Waals surface area contributed by atoms with Gasteiger partial charge >= 0.3 is 0 Å². The van der Waals surface area contributed by atoms with Crippen LogP contribution >= 0.6 is 15.9 Å². The van der Waals surface area contributed by atoms with Crippen LogP contribution in [-0.2, 0) is 6.54 Å². The zero-order valence-electron chi connectivity index (χ0n) is 12.1. The number of rotatable bonds is 5. The highest BCUT2D eigenvalue weighted by Crippen LogP contribution is 2.20. The van der Waals surface area contributed by atoms with Gasteiger partial charge in [-0.25, -0.2) is 0 Å². The average molecular weight is 325 g/mol. The van der Waals surface area contributed by atoms with Gasteiger partial charge in [-0.3, -0.25) is 4.90 Å². The zero-order valence-corrected chi connectivity index (χ0v) is 13.7. The van der Waals surface area contributed by atoms with Crippen molar-refractivity contribution in [1.82, 2.24) is 10.2 Å². The molecule has 1 fully saturated rings. The van der Waals surface area contributed by atoms with E-state index in [4.69, 9.17) is 0 Å². The van der Waals surface area contributed by atoms with Crippen LogP contribution in [0.1, 0.15) is 37.3 Å². The van der Waals surface area contributed by atoms with Gasteiger partial charge in [0.05, 0.1) is 0 Å². The maximum Gasteiger partial charge on any atom is 0.0237 e. The lowest BCUT2D eigenvalue weighted by Crippen LogP contribution is -2.45. The molecule has 0 aliphatic carbocycles. The Bertz CT molecular complexity index is 400. The summed E-state index contributed by atoms with van der Waals surface area (Å²) in [5.41, 5.74) is 2.76. The first-order valence-corrected chi connectivity index (χ1v) is 8.19. The Labute approximate surface area is 125 Å².